The summed E-state index contributed by atoms with van der Waals surface area (Å²) in [6.45, 7) is 0.336. The van der Waals surface area contributed by atoms with Crippen molar-refractivity contribution >= 4 is 44.6 Å². The van der Waals surface area contributed by atoms with Crippen molar-refractivity contribution < 1.29 is 14.7 Å². The van der Waals surface area contributed by atoms with E-state index in [-0.39, 0.29) is 11.7 Å². The largest absolute Gasteiger partial charge is 0.508 e. The van der Waals surface area contributed by atoms with Gasteiger partial charge in [0.15, 0.2) is 0 Å². The molecule has 0 atom stereocenters. The number of hydrogen-bond donors (Lipinski definition) is 3. The lowest BCUT2D eigenvalue weighted by Crippen LogP contribution is -2.21. The zero-order valence-corrected chi connectivity index (χ0v) is 16.3. The van der Waals surface area contributed by atoms with Crippen LogP contribution in [0.1, 0.15) is 24.9 Å². The smallest absolute Gasteiger partial charge is 0.261 e. The molecule has 4 rings (SSSR count). The van der Waals surface area contributed by atoms with Gasteiger partial charge in [-0.1, -0.05) is 24.3 Å². The Kier molecular flexibility index (Phi) is 4.85. The van der Waals surface area contributed by atoms with Crippen molar-refractivity contribution in [3.63, 3.8) is 0 Å². The first-order valence-corrected chi connectivity index (χ1v) is 10.1. The van der Waals surface area contributed by atoms with E-state index in [1.807, 2.05) is 30.3 Å². The highest BCUT2D eigenvalue weighted by molar-refractivity contribution is 7.21. The van der Waals surface area contributed by atoms with E-state index >= 15 is 0 Å². The van der Waals surface area contributed by atoms with Gasteiger partial charge in [-0.25, -0.2) is 0 Å². The molecule has 140 valence electrons. The molecule has 0 fully saturated rings. The van der Waals surface area contributed by atoms with E-state index in [0.29, 0.717) is 16.3 Å². The Bertz CT molecular complexity index is 1190. The number of rotatable bonds is 5. The maximum atomic E-state index is 12.5. The van der Waals surface area contributed by atoms with Crippen molar-refractivity contribution in [3.05, 3.63) is 76.0 Å². The first kappa shape index (κ1) is 18.2. The van der Waals surface area contributed by atoms with E-state index in [1.54, 1.807) is 30.3 Å². The Morgan fingerprint density at radius 2 is 1.79 bits per heavy atom. The van der Waals surface area contributed by atoms with Crippen LogP contribution in [0, 0.1) is 0 Å². The number of primary amides is 1. The fraction of sp³-hybridized carbons (Fsp3) is 0.0476. The van der Waals surface area contributed by atoms with Crippen LogP contribution in [0.25, 0.3) is 20.5 Å². The molecule has 0 unspecified atom stereocenters. The molecule has 28 heavy (non-hydrogen) atoms. The lowest BCUT2D eigenvalue weighted by molar-refractivity contribution is 0.0953. The maximum absolute atomic E-state index is 12.5. The highest BCUT2D eigenvalue weighted by Gasteiger charge is 2.14. The van der Waals surface area contributed by atoms with Crippen LogP contribution in [0.5, 0.6) is 5.75 Å². The highest BCUT2D eigenvalue weighted by Crippen LogP contribution is 2.37. The number of amides is 2. The molecule has 7 heteroatoms. The summed E-state index contributed by atoms with van der Waals surface area (Å²) in [5.74, 6) is -0.440. The molecule has 4 N–H and O–H groups in total. The molecule has 0 aliphatic heterocycles. The predicted octanol–water partition coefficient (Wildman–Crippen LogP) is 4.36. The molecule has 4 aromatic rings. The molecule has 0 radical (unpaired) electrons. The number of phenolic OH excluding ortho intramolecular Hbond substituents is 1. The van der Waals surface area contributed by atoms with Crippen LogP contribution in [0.15, 0.2) is 60.7 Å². The standard InChI is InChI=1S/C21H16N2O3S2/c22-20(25)19-10-15-14(5-2-6-16(15)28-19)17-7-8-18(27-17)21(26)23-11-12-3-1-4-13(24)9-12/h1-10,24H,11H2,(H2,22,25)(H,23,26). The van der Waals surface area contributed by atoms with Gasteiger partial charge in [-0.3, -0.25) is 9.59 Å². The monoisotopic (exact) mass is 408 g/mol. The van der Waals surface area contributed by atoms with E-state index < -0.39 is 5.91 Å². The van der Waals surface area contributed by atoms with Gasteiger partial charge in [0.25, 0.3) is 11.8 Å². The number of benzene rings is 2. The molecular formula is C21H16N2O3S2. The van der Waals surface area contributed by atoms with Crippen molar-refractivity contribution in [2.24, 2.45) is 5.73 Å². The molecule has 0 bridgehead atoms. The maximum Gasteiger partial charge on any atom is 0.261 e. The summed E-state index contributed by atoms with van der Waals surface area (Å²) < 4.78 is 0.981. The van der Waals surface area contributed by atoms with Crippen molar-refractivity contribution in [1.29, 1.82) is 0 Å². The van der Waals surface area contributed by atoms with Crippen molar-refractivity contribution in [2.45, 2.75) is 6.54 Å². The number of hydrogen-bond acceptors (Lipinski definition) is 5. The summed E-state index contributed by atoms with van der Waals surface area (Å²) in [5.41, 5.74) is 7.20. The normalized spacial score (nSPS) is 10.9. The number of carbonyl (C=O) groups excluding carboxylic acids is 2. The minimum absolute atomic E-state index is 0.171. The van der Waals surface area contributed by atoms with Crippen LogP contribution in [0.3, 0.4) is 0 Å². The van der Waals surface area contributed by atoms with E-state index in [9.17, 15) is 14.7 Å². The number of phenols is 1. The molecule has 0 aliphatic carbocycles. The lowest BCUT2D eigenvalue weighted by atomic mass is 10.1. The zero-order chi connectivity index (χ0) is 19.7. The van der Waals surface area contributed by atoms with E-state index in [1.165, 1.54) is 22.7 Å². The number of carbonyl (C=O) groups is 2. The minimum atomic E-state index is -0.439. The Labute approximate surface area is 169 Å². The van der Waals surface area contributed by atoms with Gasteiger partial charge in [0.2, 0.25) is 0 Å². The van der Waals surface area contributed by atoms with Gasteiger partial charge in [0.05, 0.1) is 9.75 Å². The average molecular weight is 409 g/mol. The second-order valence-corrected chi connectivity index (χ2v) is 8.38. The van der Waals surface area contributed by atoms with E-state index in [2.05, 4.69) is 5.32 Å². The van der Waals surface area contributed by atoms with Crippen LogP contribution < -0.4 is 11.1 Å². The molecule has 2 aromatic heterocycles. The number of nitrogens with two attached hydrogens (primary N) is 1. The van der Waals surface area contributed by atoms with E-state index in [0.717, 1.165) is 26.1 Å². The Morgan fingerprint density at radius 1 is 0.964 bits per heavy atom. The number of aromatic hydroxyl groups is 1. The van der Waals surface area contributed by atoms with Crippen LogP contribution >= 0.6 is 22.7 Å². The molecule has 0 saturated heterocycles. The Morgan fingerprint density at radius 3 is 2.57 bits per heavy atom. The topological polar surface area (TPSA) is 92.4 Å². The van der Waals surface area contributed by atoms with Gasteiger partial charge in [0.1, 0.15) is 5.75 Å². The molecule has 2 aromatic carbocycles. The molecular weight excluding hydrogens is 392 g/mol. The second kappa shape index (κ2) is 7.46. The van der Waals surface area contributed by atoms with Gasteiger partial charge in [-0.15, -0.1) is 22.7 Å². The number of fused-ring (bicyclic) bond motifs is 1. The van der Waals surface area contributed by atoms with E-state index in [4.69, 9.17) is 5.73 Å². The molecule has 0 saturated carbocycles. The molecule has 0 aliphatic rings. The summed E-state index contributed by atoms with van der Waals surface area (Å²) in [6.07, 6.45) is 0. The third kappa shape index (κ3) is 3.62. The lowest BCUT2D eigenvalue weighted by Gasteiger charge is -2.04. The first-order valence-electron chi connectivity index (χ1n) is 8.50. The van der Waals surface area contributed by atoms with Gasteiger partial charge < -0.3 is 16.2 Å². The Balaban J connectivity index is 1.56. The van der Waals surface area contributed by atoms with Gasteiger partial charge >= 0.3 is 0 Å². The van der Waals surface area contributed by atoms with Crippen molar-refractivity contribution in [2.75, 3.05) is 0 Å². The fourth-order valence-electron chi connectivity index (χ4n) is 2.94. The molecule has 2 heterocycles. The summed E-state index contributed by atoms with van der Waals surface area (Å²) in [5, 5.41) is 13.3. The predicted molar refractivity (Wildman–Crippen MR) is 113 cm³/mol. The fourth-order valence-corrected chi connectivity index (χ4v) is 4.84. The van der Waals surface area contributed by atoms with Gasteiger partial charge in [-0.2, -0.15) is 0 Å². The number of thiophene rings is 2. The van der Waals surface area contributed by atoms with Crippen molar-refractivity contribution in [3.8, 4) is 16.2 Å². The average Bonchev–Trinajstić information content (AvgIpc) is 3.33. The van der Waals surface area contributed by atoms with Gasteiger partial charge in [-0.05, 0) is 42.0 Å². The Hall–Kier alpha value is -3.16. The minimum Gasteiger partial charge on any atom is -0.508 e. The third-order valence-electron chi connectivity index (χ3n) is 4.26. The third-order valence-corrected chi connectivity index (χ3v) is 6.50. The summed E-state index contributed by atoms with van der Waals surface area (Å²) in [7, 11) is 0. The first-order chi connectivity index (χ1) is 13.5. The second-order valence-electron chi connectivity index (χ2n) is 6.21. The zero-order valence-electron chi connectivity index (χ0n) is 14.6. The quantitative estimate of drug-likeness (QED) is 0.458. The SMILES string of the molecule is NC(=O)c1cc2c(-c3ccc(C(=O)NCc4cccc(O)c4)s3)cccc2s1. The van der Waals surface area contributed by atoms with Crippen LogP contribution in [0.2, 0.25) is 0 Å². The summed E-state index contributed by atoms with van der Waals surface area (Å²) in [6, 6.07) is 18.1. The van der Waals surface area contributed by atoms with Crippen LogP contribution in [-0.4, -0.2) is 16.9 Å². The molecule has 0 spiro atoms. The van der Waals surface area contributed by atoms with Crippen molar-refractivity contribution in [1.82, 2.24) is 5.32 Å². The summed E-state index contributed by atoms with van der Waals surface area (Å²) >= 11 is 2.76. The molecule has 2 amide bonds. The van der Waals surface area contributed by atoms with Gasteiger partial charge in [0, 0.05) is 27.1 Å². The van der Waals surface area contributed by atoms with Crippen LogP contribution in [-0.2, 0) is 6.54 Å². The summed E-state index contributed by atoms with van der Waals surface area (Å²) in [4.78, 5) is 26.0. The molecule has 5 nitrogen and oxygen atoms in total. The van der Waals surface area contributed by atoms with Crippen LogP contribution in [0.4, 0.5) is 0 Å². The highest BCUT2D eigenvalue weighted by atomic mass is 32.1. The number of nitrogens with one attached hydrogen (secondary N) is 1.